The summed E-state index contributed by atoms with van der Waals surface area (Å²) in [7, 11) is 0. The van der Waals surface area contributed by atoms with Gasteiger partial charge in [0.1, 0.15) is 0 Å². The second-order valence-electron chi connectivity index (χ2n) is 3.30. The van der Waals surface area contributed by atoms with E-state index >= 15 is 0 Å². The molecular weight excluding hydrogens is 178 g/mol. The number of hydrogen-bond acceptors (Lipinski definition) is 2. The summed E-state index contributed by atoms with van der Waals surface area (Å²) < 4.78 is 4.99. The number of aromatic nitrogens is 1. The molecule has 0 amide bonds. The first kappa shape index (κ1) is 10.8. The van der Waals surface area contributed by atoms with Crippen LogP contribution in [0.25, 0.3) is 0 Å². The van der Waals surface area contributed by atoms with Gasteiger partial charge < -0.3 is 9.72 Å². The molecular formula is C11H17NO2. The zero-order valence-electron chi connectivity index (χ0n) is 9.23. The van der Waals surface area contributed by atoms with Gasteiger partial charge in [0.05, 0.1) is 12.2 Å². The highest BCUT2D eigenvalue weighted by molar-refractivity contribution is 5.92. The van der Waals surface area contributed by atoms with Crippen molar-refractivity contribution < 1.29 is 9.53 Å². The Labute approximate surface area is 84.5 Å². The smallest absolute Gasteiger partial charge is 0.340 e. The molecule has 0 bridgehead atoms. The fraction of sp³-hybridized carbons (Fsp3) is 0.545. The summed E-state index contributed by atoms with van der Waals surface area (Å²) in [6.07, 6.45) is 0.909. The maximum Gasteiger partial charge on any atom is 0.340 e. The van der Waals surface area contributed by atoms with E-state index in [1.807, 2.05) is 20.8 Å². The minimum atomic E-state index is -0.224. The lowest BCUT2D eigenvalue weighted by atomic mass is 10.1. The van der Waals surface area contributed by atoms with E-state index in [2.05, 4.69) is 11.9 Å². The number of carbonyl (C=O) groups excluding carboxylic acids is 1. The van der Waals surface area contributed by atoms with E-state index < -0.39 is 0 Å². The maximum absolute atomic E-state index is 11.6. The Morgan fingerprint density at radius 2 is 2.00 bits per heavy atom. The standard InChI is InChI=1S/C11H17NO2/c1-5-9-7(3)10(8(4)12-9)11(13)14-6-2/h12H,5-6H2,1-4H3. The monoisotopic (exact) mass is 195 g/mol. The fourth-order valence-corrected chi connectivity index (χ4v) is 1.68. The van der Waals surface area contributed by atoms with Gasteiger partial charge in [-0.15, -0.1) is 0 Å². The molecule has 78 valence electrons. The molecule has 1 N–H and O–H groups in total. The van der Waals surface area contributed by atoms with Crippen molar-refractivity contribution in [3.63, 3.8) is 0 Å². The van der Waals surface area contributed by atoms with Crippen LogP contribution in [-0.2, 0) is 11.2 Å². The lowest BCUT2D eigenvalue weighted by Crippen LogP contribution is -2.06. The molecule has 3 nitrogen and oxygen atoms in total. The normalized spacial score (nSPS) is 10.3. The Bertz CT molecular complexity index is 339. The average Bonchev–Trinajstić information content (AvgIpc) is 2.41. The minimum absolute atomic E-state index is 0.224. The summed E-state index contributed by atoms with van der Waals surface area (Å²) in [4.78, 5) is 14.8. The van der Waals surface area contributed by atoms with E-state index in [-0.39, 0.29) is 5.97 Å². The molecule has 14 heavy (non-hydrogen) atoms. The first-order chi connectivity index (χ1) is 6.61. The van der Waals surface area contributed by atoms with Crippen molar-refractivity contribution in [2.45, 2.75) is 34.1 Å². The van der Waals surface area contributed by atoms with E-state index in [0.29, 0.717) is 12.2 Å². The Hall–Kier alpha value is -1.25. The number of hydrogen-bond donors (Lipinski definition) is 1. The first-order valence-electron chi connectivity index (χ1n) is 4.96. The fourth-order valence-electron chi connectivity index (χ4n) is 1.68. The van der Waals surface area contributed by atoms with Crippen LogP contribution in [0.5, 0.6) is 0 Å². The van der Waals surface area contributed by atoms with E-state index in [1.54, 1.807) is 0 Å². The highest BCUT2D eigenvalue weighted by atomic mass is 16.5. The summed E-state index contributed by atoms with van der Waals surface area (Å²) in [5.74, 6) is -0.224. The van der Waals surface area contributed by atoms with Gasteiger partial charge in [-0.25, -0.2) is 4.79 Å². The molecule has 0 fully saturated rings. The van der Waals surface area contributed by atoms with Crippen molar-refractivity contribution in [3.8, 4) is 0 Å². The number of carbonyl (C=O) groups is 1. The Kier molecular flexibility index (Phi) is 3.33. The third-order valence-corrected chi connectivity index (χ3v) is 2.37. The second-order valence-corrected chi connectivity index (χ2v) is 3.30. The summed E-state index contributed by atoms with van der Waals surface area (Å²) in [6.45, 7) is 8.15. The molecule has 0 radical (unpaired) electrons. The van der Waals surface area contributed by atoms with Crippen LogP contribution in [0, 0.1) is 13.8 Å². The third kappa shape index (κ3) is 1.81. The highest BCUT2D eigenvalue weighted by Gasteiger charge is 2.17. The maximum atomic E-state index is 11.6. The number of rotatable bonds is 3. The van der Waals surface area contributed by atoms with Gasteiger partial charge in [-0.1, -0.05) is 6.92 Å². The van der Waals surface area contributed by atoms with Gasteiger partial charge in [0.2, 0.25) is 0 Å². The molecule has 0 saturated heterocycles. The number of H-pyrrole nitrogens is 1. The van der Waals surface area contributed by atoms with Crippen LogP contribution in [-0.4, -0.2) is 17.6 Å². The molecule has 0 aromatic carbocycles. The predicted molar refractivity (Wildman–Crippen MR) is 55.6 cm³/mol. The van der Waals surface area contributed by atoms with Gasteiger partial charge in [-0.3, -0.25) is 0 Å². The van der Waals surface area contributed by atoms with Gasteiger partial charge in [0, 0.05) is 11.4 Å². The summed E-state index contributed by atoms with van der Waals surface area (Å²) >= 11 is 0. The predicted octanol–water partition coefficient (Wildman–Crippen LogP) is 2.37. The number of ether oxygens (including phenoxy) is 1. The van der Waals surface area contributed by atoms with Crippen LogP contribution in [0.2, 0.25) is 0 Å². The van der Waals surface area contributed by atoms with Crippen molar-refractivity contribution in [2.75, 3.05) is 6.61 Å². The molecule has 1 aromatic rings. The molecule has 0 aliphatic carbocycles. The quantitative estimate of drug-likeness (QED) is 0.752. The Balaban J connectivity index is 3.07. The average molecular weight is 195 g/mol. The number of nitrogens with one attached hydrogen (secondary N) is 1. The summed E-state index contributed by atoms with van der Waals surface area (Å²) in [6, 6.07) is 0. The summed E-state index contributed by atoms with van der Waals surface area (Å²) in [5.41, 5.74) is 3.73. The van der Waals surface area contributed by atoms with Crippen LogP contribution in [0.3, 0.4) is 0 Å². The van der Waals surface area contributed by atoms with Crippen molar-refractivity contribution in [2.24, 2.45) is 0 Å². The molecule has 0 aliphatic rings. The zero-order chi connectivity index (χ0) is 10.7. The van der Waals surface area contributed by atoms with Crippen LogP contribution in [0.15, 0.2) is 0 Å². The molecule has 0 saturated carbocycles. The van der Waals surface area contributed by atoms with Gasteiger partial charge >= 0.3 is 5.97 Å². The zero-order valence-corrected chi connectivity index (χ0v) is 9.23. The molecule has 3 heteroatoms. The van der Waals surface area contributed by atoms with Crippen LogP contribution in [0.4, 0.5) is 0 Å². The van der Waals surface area contributed by atoms with Crippen LogP contribution in [0.1, 0.15) is 41.2 Å². The third-order valence-electron chi connectivity index (χ3n) is 2.37. The molecule has 1 aromatic heterocycles. The van der Waals surface area contributed by atoms with Crippen LogP contribution < -0.4 is 0 Å². The van der Waals surface area contributed by atoms with Gasteiger partial charge in [-0.2, -0.15) is 0 Å². The number of aromatic amines is 1. The Morgan fingerprint density at radius 1 is 1.36 bits per heavy atom. The summed E-state index contributed by atoms with van der Waals surface area (Å²) in [5, 5.41) is 0. The number of esters is 1. The van der Waals surface area contributed by atoms with E-state index in [9.17, 15) is 4.79 Å². The SMILES string of the molecule is CCOC(=O)c1c(C)[nH]c(CC)c1C. The Morgan fingerprint density at radius 3 is 2.43 bits per heavy atom. The van der Waals surface area contributed by atoms with Crippen molar-refractivity contribution >= 4 is 5.97 Å². The van der Waals surface area contributed by atoms with E-state index in [4.69, 9.17) is 4.74 Å². The topological polar surface area (TPSA) is 42.1 Å². The number of aryl methyl sites for hydroxylation is 2. The van der Waals surface area contributed by atoms with E-state index in [1.165, 1.54) is 0 Å². The first-order valence-corrected chi connectivity index (χ1v) is 4.96. The second kappa shape index (κ2) is 4.31. The van der Waals surface area contributed by atoms with Gasteiger partial charge in [0.15, 0.2) is 0 Å². The van der Waals surface area contributed by atoms with Gasteiger partial charge in [-0.05, 0) is 32.8 Å². The molecule has 0 unspecified atom stereocenters. The molecule has 1 rings (SSSR count). The van der Waals surface area contributed by atoms with E-state index in [0.717, 1.165) is 23.4 Å². The van der Waals surface area contributed by atoms with Crippen molar-refractivity contribution in [3.05, 3.63) is 22.5 Å². The van der Waals surface area contributed by atoms with Crippen LogP contribution >= 0.6 is 0 Å². The lowest BCUT2D eigenvalue weighted by Gasteiger charge is -2.02. The van der Waals surface area contributed by atoms with Crippen molar-refractivity contribution in [1.82, 2.24) is 4.98 Å². The molecule has 0 atom stereocenters. The molecule has 0 aliphatic heterocycles. The lowest BCUT2D eigenvalue weighted by molar-refractivity contribution is 0.0525. The minimum Gasteiger partial charge on any atom is -0.462 e. The van der Waals surface area contributed by atoms with Crippen molar-refractivity contribution in [1.29, 1.82) is 0 Å². The molecule has 1 heterocycles. The van der Waals surface area contributed by atoms with Gasteiger partial charge in [0.25, 0.3) is 0 Å². The molecule has 0 spiro atoms. The highest BCUT2D eigenvalue weighted by Crippen LogP contribution is 2.19. The largest absolute Gasteiger partial charge is 0.462 e.